The Morgan fingerprint density at radius 1 is 1.10 bits per heavy atom. The molecule has 1 aromatic carbocycles. The van der Waals surface area contributed by atoms with Crippen molar-refractivity contribution in [1.29, 1.82) is 0 Å². The van der Waals surface area contributed by atoms with E-state index in [9.17, 15) is 4.79 Å². The van der Waals surface area contributed by atoms with Crippen molar-refractivity contribution in [3.05, 3.63) is 71.9 Å². The van der Waals surface area contributed by atoms with Crippen LogP contribution in [0.3, 0.4) is 0 Å². The number of aliphatic imine (C=N–C) groups is 1. The van der Waals surface area contributed by atoms with Crippen molar-refractivity contribution in [3.8, 4) is 11.3 Å². The van der Waals surface area contributed by atoms with Gasteiger partial charge in [-0.15, -0.1) is 0 Å². The Balaban J connectivity index is 1.47. The Morgan fingerprint density at radius 3 is 2.83 bits per heavy atom. The lowest BCUT2D eigenvalue weighted by molar-refractivity contribution is -0.126. The molecule has 6 rings (SSSR count). The van der Waals surface area contributed by atoms with Gasteiger partial charge in [-0.2, -0.15) is 0 Å². The molecular formula is C23H21N5O. The zero-order chi connectivity index (χ0) is 19.4. The van der Waals surface area contributed by atoms with E-state index in [2.05, 4.69) is 45.4 Å². The molecule has 0 atom stereocenters. The van der Waals surface area contributed by atoms with E-state index in [1.54, 1.807) is 0 Å². The molecule has 6 heteroatoms. The van der Waals surface area contributed by atoms with E-state index >= 15 is 0 Å². The van der Waals surface area contributed by atoms with Crippen LogP contribution in [0.4, 0.5) is 0 Å². The Bertz CT molecular complexity index is 1160. The first-order chi connectivity index (χ1) is 14.3. The first-order valence-electron chi connectivity index (χ1n) is 10.1. The number of H-pyrrole nitrogens is 1. The number of allylic oxidation sites excluding steroid dienone is 1. The molecule has 0 spiro atoms. The number of imidazole rings is 1. The maximum absolute atomic E-state index is 12.8. The van der Waals surface area contributed by atoms with Gasteiger partial charge in [-0.3, -0.25) is 14.4 Å². The van der Waals surface area contributed by atoms with Gasteiger partial charge in [0.1, 0.15) is 18.7 Å². The highest BCUT2D eigenvalue weighted by Crippen LogP contribution is 2.39. The maximum Gasteiger partial charge on any atom is 0.248 e. The number of aromatic amines is 1. The van der Waals surface area contributed by atoms with Gasteiger partial charge in [-0.25, -0.2) is 4.98 Å². The van der Waals surface area contributed by atoms with Gasteiger partial charge in [0.25, 0.3) is 0 Å². The third-order valence-corrected chi connectivity index (χ3v) is 6.02. The van der Waals surface area contributed by atoms with Crippen LogP contribution in [0.1, 0.15) is 35.6 Å². The summed E-state index contributed by atoms with van der Waals surface area (Å²) >= 11 is 0. The first-order valence-corrected chi connectivity index (χ1v) is 10.1. The van der Waals surface area contributed by atoms with E-state index in [1.165, 1.54) is 24.0 Å². The minimum absolute atomic E-state index is 0.0460. The van der Waals surface area contributed by atoms with E-state index < -0.39 is 0 Å². The zero-order valence-corrected chi connectivity index (χ0v) is 16.0. The molecule has 29 heavy (non-hydrogen) atoms. The predicted molar refractivity (Wildman–Crippen MR) is 112 cm³/mol. The molecule has 0 radical (unpaired) electrons. The molecule has 2 aliphatic heterocycles. The minimum Gasteiger partial charge on any atom is -0.361 e. The van der Waals surface area contributed by atoms with Crippen molar-refractivity contribution < 1.29 is 4.79 Å². The number of hydrogen-bond acceptors (Lipinski definition) is 3. The lowest BCUT2D eigenvalue weighted by Gasteiger charge is -2.31. The smallest absolute Gasteiger partial charge is 0.248 e. The average molecular weight is 383 g/mol. The lowest BCUT2D eigenvalue weighted by atomic mass is 9.90. The molecular weight excluding hydrogens is 362 g/mol. The Morgan fingerprint density at radius 2 is 2.00 bits per heavy atom. The predicted octanol–water partition coefficient (Wildman–Crippen LogP) is 3.44. The molecule has 6 nitrogen and oxygen atoms in total. The lowest BCUT2D eigenvalue weighted by Crippen LogP contribution is -2.36. The van der Waals surface area contributed by atoms with Gasteiger partial charge in [0.05, 0.1) is 11.4 Å². The number of nitrogens with zero attached hydrogens (tertiary/aromatic N) is 4. The highest BCUT2D eigenvalue weighted by molar-refractivity contribution is 6.06. The van der Waals surface area contributed by atoms with Crippen LogP contribution in [-0.4, -0.2) is 44.3 Å². The van der Waals surface area contributed by atoms with Gasteiger partial charge in [0.15, 0.2) is 0 Å². The van der Waals surface area contributed by atoms with Crippen LogP contribution in [0.5, 0.6) is 0 Å². The van der Waals surface area contributed by atoms with Crippen molar-refractivity contribution in [3.63, 3.8) is 0 Å². The number of aromatic nitrogens is 3. The molecule has 0 bridgehead atoms. The second-order valence-corrected chi connectivity index (χ2v) is 7.89. The van der Waals surface area contributed by atoms with Gasteiger partial charge >= 0.3 is 0 Å². The molecule has 4 heterocycles. The summed E-state index contributed by atoms with van der Waals surface area (Å²) in [7, 11) is 0. The SMILES string of the molecule is O=C1CN=C(n2cnc(C3CC3)c2)C=C2c3cccc(-c4ccc[nH]4)c3CCN12. The molecule has 2 aromatic heterocycles. The molecule has 0 unspecified atom stereocenters. The fraction of sp³-hybridized carbons (Fsp3) is 0.261. The van der Waals surface area contributed by atoms with Crippen molar-refractivity contribution in [2.45, 2.75) is 25.2 Å². The monoisotopic (exact) mass is 383 g/mol. The summed E-state index contributed by atoms with van der Waals surface area (Å²) in [6, 6.07) is 10.4. The molecule has 3 aromatic rings. The topological polar surface area (TPSA) is 66.3 Å². The van der Waals surface area contributed by atoms with E-state index in [0.29, 0.717) is 12.5 Å². The third kappa shape index (κ3) is 2.75. The van der Waals surface area contributed by atoms with E-state index in [4.69, 9.17) is 0 Å². The highest BCUT2D eigenvalue weighted by Gasteiger charge is 2.30. The quantitative estimate of drug-likeness (QED) is 0.737. The van der Waals surface area contributed by atoms with Gasteiger partial charge < -0.3 is 9.88 Å². The van der Waals surface area contributed by atoms with E-state index in [-0.39, 0.29) is 12.5 Å². The number of benzene rings is 1. The van der Waals surface area contributed by atoms with Crippen LogP contribution in [0.15, 0.2) is 60.1 Å². The number of carbonyl (C=O) groups is 1. The van der Waals surface area contributed by atoms with Crippen LogP contribution in [-0.2, 0) is 11.2 Å². The Labute approximate surface area is 168 Å². The molecule has 3 aliphatic rings. The second-order valence-electron chi connectivity index (χ2n) is 7.89. The summed E-state index contributed by atoms with van der Waals surface area (Å²) in [5.74, 6) is 1.41. The van der Waals surface area contributed by atoms with Crippen molar-refractivity contribution in [2.75, 3.05) is 13.1 Å². The van der Waals surface area contributed by atoms with Gasteiger partial charge in [0, 0.05) is 47.8 Å². The third-order valence-electron chi connectivity index (χ3n) is 6.02. The summed E-state index contributed by atoms with van der Waals surface area (Å²) in [5, 5.41) is 0. The average Bonchev–Trinajstić information content (AvgIpc) is 3.28. The largest absolute Gasteiger partial charge is 0.361 e. The summed E-state index contributed by atoms with van der Waals surface area (Å²) in [5.41, 5.74) is 6.74. The fourth-order valence-corrected chi connectivity index (χ4v) is 4.36. The molecule has 0 saturated heterocycles. The summed E-state index contributed by atoms with van der Waals surface area (Å²) in [6.45, 7) is 0.841. The number of hydrogen-bond donors (Lipinski definition) is 1. The normalized spacial score (nSPS) is 18.6. The summed E-state index contributed by atoms with van der Waals surface area (Å²) < 4.78 is 1.96. The molecule has 1 amide bonds. The van der Waals surface area contributed by atoms with Crippen LogP contribution in [0.25, 0.3) is 17.0 Å². The number of rotatable bonds is 2. The van der Waals surface area contributed by atoms with Crippen molar-refractivity contribution in [2.24, 2.45) is 4.99 Å². The number of fused-ring (bicyclic) bond motifs is 3. The maximum atomic E-state index is 12.8. The Kier molecular flexibility index (Phi) is 3.59. The number of carbonyl (C=O) groups excluding carboxylic acids is 1. The van der Waals surface area contributed by atoms with Crippen LogP contribution < -0.4 is 0 Å². The van der Waals surface area contributed by atoms with E-state index in [0.717, 1.165) is 34.9 Å². The Hall–Kier alpha value is -3.41. The van der Waals surface area contributed by atoms with Crippen molar-refractivity contribution >= 4 is 17.4 Å². The number of amides is 1. The van der Waals surface area contributed by atoms with Crippen LogP contribution in [0, 0.1) is 0 Å². The molecule has 144 valence electrons. The van der Waals surface area contributed by atoms with Crippen LogP contribution >= 0.6 is 0 Å². The van der Waals surface area contributed by atoms with Gasteiger partial charge in [-0.05, 0) is 37.0 Å². The molecule has 1 fully saturated rings. The highest BCUT2D eigenvalue weighted by atomic mass is 16.2. The molecule has 1 aliphatic carbocycles. The van der Waals surface area contributed by atoms with E-state index in [1.807, 2.05) is 34.1 Å². The standard InChI is InChI=1S/C23H21N5O/c29-23-12-25-22(27-13-20(26-14-27)15-6-7-15)11-21-18-4-1-3-17(19-5-2-9-24-19)16(18)8-10-28(21)23/h1-5,9,11,13-15,24H,6-8,10,12H2. The summed E-state index contributed by atoms with van der Waals surface area (Å²) in [4.78, 5) is 27.2. The zero-order valence-electron chi connectivity index (χ0n) is 16.0. The van der Waals surface area contributed by atoms with Gasteiger partial charge in [0.2, 0.25) is 5.91 Å². The van der Waals surface area contributed by atoms with Crippen LogP contribution in [0.2, 0.25) is 0 Å². The number of nitrogens with one attached hydrogen (secondary N) is 1. The molecule has 1 N–H and O–H groups in total. The summed E-state index contributed by atoms with van der Waals surface area (Å²) in [6.07, 6.45) is 11.1. The molecule has 1 saturated carbocycles. The minimum atomic E-state index is 0.0460. The second kappa shape index (κ2) is 6.30. The first kappa shape index (κ1) is 16.5. The van der Waals surface area contributed by atoms with Gasteiger partial charge in [-0.1, -0.05) is 18.2 Å². The van der Waals surface area contributed by atoms with Crippen molar-refractivity contribution in [1.82, 2.24) is 19.4 Å². The fourth-order valence-electron chi connectivity index (χ4n) is 4.36.